The van der Waals surface area contributed by atoms with Crippen LogP contribution in [0.4, 0.5) is 0 Å². The summed E-state index contributed by atoms with van der Waals surface area (Å²) >= 11 is 1.57. The fourth-order valence-corrected chi connectivity index (χ4v) is 3.82. The number of hydrogen-bond donors (Lipinski definition) is 2. The zero-order valence-corrected chi connectivity index (χ0v) is 17.5. The number of aryl methyl sites for hydroxylation is 1. The summed E-state index contributed by atoms with van der Waals surface area (Å²) in [5.41, 5.74) is 2.01. The van der Waals surface area contributed by atoms with Gasteiger partial charge in [0.25, 0.3) is 0 Å². The number of benzene rings is 1. The molecular weight excluding hydrogens is 398 g/mol. The standard InChI is InChI=1S/C22H23N5O2S/c1-2-16(21-23-14-17(25-21)15-8-4-3-5-9-15)24-19(28)11-6-12-20-26-22(27-29-20)18-10-7-13-30-18/h3-5,7-10,13-14,16H,2,6,11-12H2,1H3,(H,23,25)(H,24,28). The van der Waals surface area contributed by atoms with Gasteiger partial charge < -0.3 is 14.8 Å². The number of nitrogens with zero attached hydrogens (tertiary/aromatic N) is 3. The van der Waals surface area contributed by atoms with Crippen molar-refractivity contribution < 1.29 is 9.32 Å². The highest BCUT2D eigenvalue weighted by Crippen LogP contribution is 2.22. The summed E-state index contributed by atoms with van der Waals surface area (Å²) in [6.45, 7) is 2.03. The van der Waals surface area contributed by atoms with Crippen LogP contribution in [0, 0.1) is 0 Å². The molecule has 3 heterocycles. The molecule has 154 valence electrons. The molecule has 0 fully saturated rings. The second-order valence-electron chi connectivity index (χ2n) is 6.92. The van der Waals surface area contributed by atoms with Crippen molar-refractivity contribution in [3.63, 3.8) is 0 Å². The number of rotatable bonds is 9. The van der Waals surface area contributed by atoms with Gasteiger partial charge in [-0.3, -0.25) is 4.79 Å². The molecule has 2 N–H and O–H groups in total. The Kier molecular flexibility index (Phi) is 6.34. The average Bonchev–Trinajstić information content (AvgIpc) is 3.54. The first-order chi connectivity index (χ1) is 14.7. The van der Waals surface area contributed by atoms with Crippen molar-refractivity contribution in [2.75, 3.05) is 0 Å². The molecule has 0 aliphatic heterocycles. The van der Waals surface area contributed by atoms with Crippen LogP contribution >= 0.6 is 11.3 Å². The van der Waals surface area contributed by atoms with Gasteiger partial charge in [0.15, 0.2) is 0 Å². The smallest absolute Gasteiger partial charge is 0.226 e. The third-order valence-electron chi connectivity index (χ3n) is 4.76. The van der Waals surface area contributed by atoms with E-state index in [1.807, 2.05) is 54.8 Å². The highest BCUT2D eigenvalue weighted by molar-refractivity contribution is 7.13. The average molecular weight is 422 g/mol. The lowest BCUT2D eigenvalue weighted by Gasteiger charge is -2.14. The third-order valence-corrected chi connectivity index (χ3v) is 5.62. The van der Waals surface area contributed by atoms with Crippen LogP contribution < -0.4 is 5.32 Å². The number of hydrogen-bond acceptors (Lipinski definition) is 6. The Bertz CT molecular complexity index is 1070. The van der Waals surface area contributed by atoms with Gasteiger partial charge in [-0.25, -0.2) is 4.98 Å². The summed E-state index contributed by atoms with van der Waals surface area (Å²) in [5.74, 6) is 1.90. The number of carbonyl (C=O) groups is 1. The number of thiophene rings is 1. The Morgan fingerprint density at radius 2 is 2.10 bits per heavy atom. The molecule has 1 aromatic carbocycles. The number of amides is 1. The van der Waals surface area contributed by atoms with Crippen LogP contribution in [0.5, 0.6) is 0 Å². The Hall–Kier alpha value is -3.26. The molecule has 1 amide bonds. The summed E-state index contributed by atoms with van der Waals surface area (Å²) in [7, 11) is 0. The van der Waals surface area contributed by atoms with Crippen molar-refractivity contribution in [1.29, 1.82) is 0 Å². The largest absolute Gasteiger partial charge is 0.346 e. The lowest BCUT2D eigenvalue weighted by atomic mass is 10.1. The number of imidazole rings is 1. The van der Waals surface area contributed by atoms with Gasteiger partial charge in [-0.15, -0.1) is 11.3 Å². The van der Waals surface area contributed by atoms with E-state index in [4.69, 9.17) is 4.52 Å². The van der Waals surface area contributed by atoms with Crippen molar-refractivity contribution >= 4 is 17.2 Å². The zero-order valence-electron chi connectivity index (χ0n) is 16.7. The Morgan fingerprint density at radius 3 is 2.87 bits per heavy atom. The van der Waals surface area contributed by atoms with E-state index in [2.05, 4.69) is 25.4 Å². The summed E-state index contributed by atoms with van der Waals surface area (Å²) in [6.07, 6.45) is 4.16. The zero-order chi connectivity index (χ0) is 20.8. The maximum Gasteiger partial charge on any atom is 0.226 e. The molecule has 0 radical (unpaired) electrons. The monoisotopic (exact) mass is 421 g/mol. The van der Waals surface area contributed by atoms with Crippen LogP contribution in [0.3, 0.4) is 0 Å². The van der Waals surface area contributed by atoms with Crippen LogP contribution in [0.15, 0.2) is 58.6 Å². The molecule has 1 atom stereocenters. The second kappa shape index (κ2) is 9.49. The maximum absolute atomic E-state index is 12.4. The van der Waals surface area contributed by atoms with Crippen molar-refractivity contribution in [3.05, 3.63) is 65.8 Å². The normalized spacial score (nSPS) is 12.0. The first-order valence-corrected chi connectivity index (χ1v) is 10.9. The first kappa shape index (κ1) is 20.0. The van der Waals surface area contributed by atoms with Gasteiger partial charge >= 0.3 is 0 Å². The van der Waals surface area contributed by atoms with Gasteiger partial charge in [0, 0.05) is 12.8 Å². The minimum Gasteiger partial charge on any atom is -0.346 e. The number of nitrogens with one attached hydrogen (secondary N) is 2. The summed E-state index contributed by atoms with van der Waals surface area (Å²) in [4.78, 5) is 25.6. The molecule has 7 nitrogen and oxygen atoms in total. The predicted molar refractivity (Wildman–Crippen MR) is 116 cm³/mol. The first-order valence-electron chi connectivity index (χ1n) is 9.99. The quantitative estimate of drug-likeness (QED) is 0.405. The number of aromatic amines is 1. The van der Waals surface area contributed by atoms with Crippen LogP contribution in [-0.4, -0.2) is 26.0 Å². The minimum atomic E-state index is -0.149. The van der Waals surface area contributed by atoms with Crippen LogP contribution in [-0.2, 0) is 11.2 Å². The highest BCUT2D eigenvalue weighted by atomic mass is 32.1. The molecule has 0 spiro atoms. The summed E-state index contributed by atoms with van der Waals surface area (Å²) in [5, 5.41) is 9.03. The molecular formula is C22H23N5O2S. The molecule has 4 aromatic rings. The fraction of sp³-hybridized carbons (Fsp3) is 0.273. The van der Waals surface area contributed by atoms with E-state index in [1.54, 1.807) is 17.5 Å². The molecule has 1 unspecified atom stereocenters. The van der Waals surface area contributed by atoms with E-state index in [9.17, 15) is 4.79 Å². The number of carbonyl (C=O) groups excluding carboxylic acids is 1. The highest BCUT2D eigenvalue weighted by Gasteiger charge is 2.17. The van der Waals surface area contributed by atoms with E-state index >= 15 is 0 Å². The van der Waals surface area contributed by atoms with Crippen LogP contribution in [0.1, 0.15) is 43.9 Å². The van der Waals surface area contributed by atoms with Crippen molar-refractivity contribution in [2.24, 2.45) is 0 Å². The SMILES string of the molecule is CCC(NC(=O)CCCc1nc(-c2cccs2)no1)c1ncc(-c2ccccc2)[nH]1. The Balaban J connectivity index is 1.28. The molecule has 30 heavy (non-hydrogen) atoms. The van der Waals surface area contributed by atoms with Gasteiger partial charge in [0.1, 0.15) is 5.82 Å². The molecule has 4 rings (SSSR count). The van der Waals surface area contributed by atoms with Gasteiger partial charge in [-0.05, 0) is 29.9 Å². The van der Waals surface area contributed by atoms with Gasteiger partial charge in [-0.1, -0.05) is 48.5 Å². The van der Waals surface area contributed by atoms with Gasteiger partial charge in [0.05, 0.1) is 22.8 Å². The maximum atomic E-state index is 12.4. The summed E-state index contributed by atoms with van der Waals surface area (Å²) in [6, 6.07) is 13.8. The molecule has 0 saturated carbocycles. The van der Waals surface area contributed by atoms with Gasteiger partial charge in [0.2, 0.25) is 17.6 Å². The molecule has 3 aromatic heterocycles. The Morgan fingerprint density at radius 1 is 1.23 bits per heavy atom. The molecule has 0 aliphatic carbocycles. The minimum absolute atomic E-state index is 0.0162. The van der Waals surface area contributed by atoms with Crippen LogP contribution in [0.25, 0.3) is 22.0 Å². The van der Waals surface area contributed by atoms with Crippen LogP contribution in [0.2, 0.25) is 0 Å². The van der Waals surface area contributed by atoms with E-state index in [0.717, 1.165) is 28.4 Å². The predicted octanol–water partition coefficient (Wildman–Crippen LogP) is 4.78. The summed E-state index contributed by atoms with van der Waals surface area (Å²) < 4.78 is 5.29. The van der Waals surface area contributed by atoms with E-state index < -0.39 is 0 Å². The lowest BCUT2D eigenvalue weighted by molar-refractivity contribution is -0.122. The third kappa shape index (κ3) is 4.83. The molecule has 0 aliphatic rings. The van der Waals surface area contributed by atoms with E-state index in [-0.39, 0.29) is 11.9 Å². The second-order valence-corrected chi connectivity index (χ2v) is 7.87. The van der Waals surface area contributed by atoms with E-state index in [0.29, 0.717) is 31.0 Å². The van der Waals surface area contributed by atoms with Crippen molar-refractivity contribution in [2.45, 2.75) is 38.6 Å². The molecule has 8 heteroatoms. The Labute approximate surface area is 178 Å². The molecule has 0 bridgehead atoms. The van der Waals surface area contributed by atoms with Gasteiger partial charge in [-0.2, -0.15) is 4.98 Å². The lowest BCUT2D eigenvalue weighted by Crippen LogP contribution is -2.28. The van der Waals surface area contributed by atoms with Crippen molar-refractivity contribution in [3.8, 4) is 22.0 Å². The topological polar surface area (TPSA) is 96.7 Å². The number of aromatic nitrogens is 4. The fourth-order valence-electron chi connectivity index (χ4n) is 3.17. The van der Waals surface area contributed by atoms with Crippen molar-refractivity contribution in [1.82, 2.24) is 25.4 Å². The van der Waals surface area contributed by atoms with E-state index in [1.165, 1.54) is 0 Å². The molecule has 0 saturated heterocycles. The number of H-pyrrole nitrogens is 1.